The third kappa shape index (κ3) is 2.70. The van der Waals surface area contributed by atoms with Crippen molar-refractivity contribution in [3.63, 3.8) is 0 Å². The highest BCUT2D eigenvalue weighted by atomic mass is 16.6. The zero-order valence-corrected chi connectivity index (χ0v) is 9.83. The molecule has 6 nitrogen and oxygen atoms in total. The molecule has 1 atom stereocenters. The lowest BCUT2D eigenvalue weighted by Gasteiger charge is -2.34. The van der Waals surface area contributed by atoms with Gasteiger partial charge in [-0.1, -0.05) is 0 Å². The van der Waals surface area contributed by atoms with Gasteiger partial charge in [-0.3, -0.25) is 4.79 Å². The van der Waals surface area contributed by atoms with E-state index in [2.05, 4.69) is 5.32 Å². The fraction of sp³-hybridized carbons (Fsp3) is 0.800. The Morgan fingerprint density at radius 1 is 1.44 bits per heavy atom. The summed E-state index contributed by atoms with van der Waals surface area (Å²) >= 11 is 0. The molecule has 1 amide bonds. The van der Waals surface area contributed by atoms with Crippen LogP contribution in [0.15, 0.2) is 0 Å². The van der Waals surface area contributed by atoms with Crippen LogP contribution in [0.1, 0.15) is 20.8 Å². The summed E-state index contributed by atoms with van der Waals surface area (Å²) < 4.78 is 10.4. The number of esters is 1. The average Bonchev–Trinajstić information content (AvgIpc) is 2.16. The number of carbonyl (C=O) groups excluding carboxylic acids is 2. The molecule has 0 aromatic heterocycles. The van der Waals surface area contributed by atoms with Crippen molar-refractivity contribution < 1.29 is 19.1 Å². The van der Waals surface area contributed by atoms with Crippen LogP contribution in [0.2, 0.25) is 0 Å². The Balaban J connectivity index is 2.85. The Labute approximate surface area is 94.5 Å². The molecule has 0 saturated carbocycles. The van der Waals surface area contributed by atoms with Gasteiger partial charge in [0.15, 0.2) is 0 Å². The maximum Gasteiger partial charge on any atom is 0.350 e. The van der Waals surface area contributed by atoms with Crippen molar-refractivity contribution in [2.45, 2.75) is 32.0 Å². The van der Waals surface area contributed by atoms with Crippen molar-refractivity contribution in [2.24, 2.45) is 5.73 Å². The van der Waals surface area contributed by atoms with Gasteiger partial charge in [0.25, 0.3) is 11.5 Å². The van der Waals surface area contributed by atoms with Gasteiger partial charge in [-0.25, -0.2) is 4.79 Å². The van der Waals surface area contributed by atoms with Crippen LogP contribution < -0.4 is 11.1 Å². The third-order valence-corrected chi connectivity index (χ3v) is 2.13. The molecule has 0 aromatic carbocycles. The van der Waals surface area contributed by atoms with Crippen LogP contribution >= 0.6 is 0 Å². The lowest BCUT2D eigenvalue weighted by molar-refractivity contribution is -0.189. The second kappa shape index (κ2) is 4.39. The lowest BCUT2D eigenvalue weighted by Crippen LogP contribution is -2.63. The van der Waals surface area contributed by atoms with E-state index in [1.165, 1.54) is 0 Å². The number of primary amides is 1. The van der Waals surface area contributed by atoms with E-state index in [1.807, 2.05) is 0 Å². The smallest absolute Gasteiger partial charge is 0.350 e. The van der Waals surface area contributed by atoms with Gasteiger partial charge in [0.05, 0.1) is 6.61 Å². The van der Waals surface area contributed by atoms with Crippen molar-refractivity contribution in [3.8, 4) is 0 Å². The van der Waals surface area contributed by atoms with Crippen molar-refractivity contribution in [1.82, 2.24) is 5.32 Å². The average molecular weight is 230 g/mol. The maximum atomic E-state index is 11.9. The minimum atomic E-state index is -1.69. The Kier molecular flexibility index (Phi) is 3.54. The predicted molar refractivity (Wildman–Crippen MR) is 56.6 cm³/mol. The first-order valence-electron chi connectivity index (χ1n) is 5.16. The fourth-order valence-electron chi connectivity index (χ4n) is 1.36. The Hall–Kier alpha value is -1.14. The number of hydrogen-bond acceptors (Lipinski definition) is 5. The minimum Gasteiger partial charge on any atom is -0.457 e. The summed E-state index contributed by atoms with van der Waals surface area (Å²) in [6, 6.07) is 0. The van der Waals surface area contributed by atoms with E-state index >= 15 is 0 Å². The van der Waals surface area contributed by atoms with Gasteiger partial charge < -0.3 is 20.5 Å². The molecular formula is C10H18N2O4. The molecule has 1 aliphatic rings. The van der Waals surface area contributed by atoms with E-state index < -0.39 is 23.1 Å². The van der Waals surface area contributed by atoms with Gasteiger partial charge in [-0.2, -0.15) is 0 Å². The SMILES string of the molecule is CC(C)(C)OC(=O)C1(C(N)=O)CNCCO1. The van der Waals surface area contributed by atoms with E-state index in [9.17, 15) is 9.59 Å². The summed E-state index contributed by atoms with van der Waals surface area (Å²) in [5.74, 6) is -1.56. The molecule has 1 rings (SSSR count). The highest BCUT2D eigenvalue weighted by Gasteiger charge is 2.49. The second-order valence-corrected chi connectivity index (χ2v) is 4.72. The predicted octanol–water partition coefficient (Wildman–Crippen LogP) is -0.828. The molecule has 3 N–H and O–H groups in total. The van der Waals surface area contributed by atoms with Crippen molar-refractivity contribution in [1.29, 1.82) is 0 Å². The maximum absolute atomic E-state index is 11.9. The summed E-state index contributed by atoms with van der Waals surface area (Å²) in [6.45, 7) is 6.04. The van der Waals surface area contributed by atoms with E-state index in [4.69, 9.17) is 15.2 Å². The quantitative estimate of drug-likeness (QED) is 0.477. The minimum absolute atomic E-state index is 0.0528. The molecule has 6 heteroatoms. The summed E-state index contributed by atoms with van der Waals surface area (Å²) in [4.78, 5) is 23.2. The number of nitrogens with two attached hydrogens (primary N) is 1. The summed E-state index contributed by atoms with van der Waals surface area (Å²) in [7, 11) is 0. The monoisotopic (exact) mass is 230 g/mol. The van der Waals surface area contributed by atoms with Crippen molar-refractivity contribution in [3.05, 3.63) is 0 Å². The Bertz CT molecular complexity index is 290. The fourth-order valence-corrected chi connectivity index (χ4v) is 1.36. The van der Waals surface area contributed by atoms with Crippen LogP contribution in [0.25, 0.3) is 0 Å². The largest absolute Gasteiger partial charge is 0.457 e. The second-order valence-electron chi connectivity index (χ2n) is 4.72. The standard InChI is InChI=1S/C10H18N2O4/c1-9(2,3)16-8(14)10(7(11)13)6-12-4-5-15-10/h12H,4-6H2,1-3H3,(H2,11,13). The van der Waals surface area contributed by atoms with Crippen LogP contribution in [-0.2, 0) is 19.1 Å². The first kappa shape index (κ1) is 12.9. The number of nitrogens with one attached hydrogen (secondary N) is 1. The molecule has 1 saturated heterocycles. The molecule has 0 bridgehead atoms. The van der Waals surface area contributed by atoms with E-state index in [1.54, 1.807) is 20.8 Å². The Morgan fingerprint density at radius 3 is 2.44 bits per heavy atom. The Morgan fingerprint density at radius 2 is 2.06 bits per heavy atom. The number of amides is 1. The number of rotatable bonds is 2. The van der Waals surface area contributed by atoms with Crippen molar-refractivity contribution >= 4 is 11.9 Å². The zero-order chi connectivity index (χ0) is 12.4. The first-order chi connectivity index (χ1) is 7.28. The summed E-state index contributed by atoms with van der Waals surface area (Å²) in [6.07, 6.45) is 0. The molecule has 1 heterocycles. The van der Waals surface area contributed by atoms with E-state index in [0.717, 1.165) is 0 Å². The summed E-state index contributed by atoms with van der Waals surface area (Å²) in [5, 5.41) is 2.90. The van der Waals surface area contributed by atoms with Gasteiger partial charge in [0, 0.05) is 13.1 Å². The van der Waals surface area contributed by atoms with E-state index in [0.29, 0.717) is 6.54 Å². The normalized spacial score (nSPS) is 26.2. The molecule has 1 unspecified atom stereocenters. The third-order valence-electron chi connectivity index (χ3n) is 2.13. The molecule has 0 aromatic rings. The molecule has 92 valence electrons. The molecule has 0 aliphatic carbocycles. The molecule has 1 aliphatic heterocycles. The van der Waals surface area contributed by atoms with Gasteiger partial charge in [-0.05, 0) is 20.8 Å². The highest BCUT2D eigenvalue weighted by Crippen LogP contribution is 2.19. The van der Waals surface area contributed by atoms with Gasteiger partial charge in [0.1, 0.15) is 5.60 Å². The highest BCUT2D eigenvalue weighted by molar-refractivity contribution is 6.06. The summed E-state index contributed by atoms with van der Waals surface area (Å²) in [5.41, 5.74) is 2.85. The zero-order valence-electron chi connectivity index (χ0n) is 9.83. The van der Waals surface area contributed by atoms with Crippen molar-refractivity contribution in [2.75, 3.05) is 19.7 Å². The molecule has 0 spiro atoms. The number of ether oxygens (including phenoxy) is 2. The van der Waals surface area contributed by atoms with Crippen LogP contribution in [0.3, 0.4) is 0 Å². The molecule has 0 radical (unpaired) electrons. The molecule has 16 heavy (non-hydrogen) atoms. The molecule has 1 fully saturated rings. The van der Waals surface area contributed by atoms with Gasteiger partial charge >= 0.3 is 5.97 Å². The number of hydrogen-bond donors (Lipinski definition) is 2. The topological polar surface area (TPSA) is 90.7 Å². The van der Waals surface area contributed by atoms with Gasteiger partial charge in [-0.15, -0.1) is 0 Å². The molecular weight excluding hydrogens is 212 g/mol. The van der Waals surface area contributed by atoms with E-state index in [-0.39, 0.29) is 13.2 Å². The number of carbonyl (C=O) groups is 2. The van der Waals surface area contributed by atoms with Gasteiger partial charge in [0.2, 0.25) is 0 Å². The first-order valence-corrected chi connectivity index (χ1v) is 5.16. The lowest BCUT2D eigenvalue weighted by atomic mass is 10.0. The number of morpholine rings is 1. The van der Waals surface area contributed by atoms with Crippen LogP contribution in [0.4, 0.5) is 0 Å². The van der Waals surface area contributed by atoms with Crippen LogP contribution in [0.5, 0.6) is 0 Å². The van der Waals surface area contributed by atoms with Crippen LogP contribution in [-0.4, -0.2) is 42.8 Å². The van der Waals surface area contributed by atoms with Crippen LogP contribution in [0, 0.1) is 0 Å².